The van der Waals surface area contributed by atoms with Crippen molar-refractivity contribution < 1.29 is 9.32 Å². The van der Waals surface area contributed by atoms with Crippen molar-refractivity contribution in [2.24, 2.45) is 0 Å². The van der Waals surface area contributed by atoms with Gasteiger partial charge in [-0.3, -0.25) is 9.69 Å². The van der Waals surface area contributed by atoms with Gasteiger partial charge in [0.05, 0.1) is 12.1 Å². The summed E-state index contributed by atoms with van der Waals surface area (Å²) in [6.45, 7) is 6.58. The smallest absolute Gasteiger partial charge is 0.227 e. The highest BCUT2D eigenvalue weighted by Gasteiger charge is 2.46. The first-order valence-corrected chi connectivity index (χ1v) is 9.94. The van der Waals surface area contributed by atoms with Crippen molar-refractivity contribution in [3.8, 4) is 0 Å². The molecule has 2 saturated heterocycles. The Hall–Kier alpha value is -2.14. The third-order valence-corrected chi connectivity index (χ3v) is 6.76. The zero-order chi connectivity index (χ0) is 19.0. The number of aryl methyl sites for hydroxylation is 2. The quantitative estimate of drug-likeness (QED) is 0.835. The van der Waals surface area contributed by atoms with Gasteiger partial charge in [-0.2, -0.15) is 0 Å². The van der Waals surface area contributed by atoms with Crippen LogP contribution in [-0.2, 0) is 11.2 Å². The lowest BCUT2D eigenvalue weighted by Gasteiger charge is -2.43. The summed E-state index contributed by atoms with van der Waals surface area (Å²) in [5.41, 5.74) is 3.46. The second-order valence-electron chi connectivity index (χ2n) is 8.28. The predicted octanol–water partition coefficient (Wildman–Crippen LogP) is 3.31. The molecule has 2 fully saturated rings. The van der Waals surface area contributed by atoms with Crippen LogP contribution in [0, 0.1) is 13.8 Å². The number of rotatable bonds is 3. The van der Waals surface area contributed by atoms with E-state index in [4.69, 9.17) is 4.52 Å². The van der Waals surface area contributed by atoms with Gasteiger partial charge in [0, 0.05) is 30.7 Å². The third kappa shape index (κ3) is 3.41. The van der Waals surface area contributed by atoms with Crippen molar-refractivity contribution in [1.29, 1.82) is 0 Å². The summed E-state index contributed by atoms with van der Waals surface area (Å²) in [6, 6.07) is 10.9. The van der Waals surface area contributed by atoms with E-state index >= 15 is 0 Å². The first-order chi connectivity index (χ1) is 13.0. The third-order valence-electron chi connectivity index (χ3n) is 6.76. The van der Waals surface area contributed by atoms with Crippen LogP contribution in [0.5, 0.6) is 0 Å². The summed E-state index contributed by atoms with van der Waals surface area (Å²) >= 11 is 0. The average Bonchev–Trinajstić information content (AvgIpc) is 3.17. The van der Waals surface area contributed by atoms with Gasteiger partial charge < -0.3 is 9.42 Å². The number of likely N-dealkylation sites (N-methyl/N-ethyl adjacent to an activating group) is 1. The highest BCUT2D eigenvalue weighted by Crippen LogP contribution is 2.44. The number of hydrogen-bond donors (Lipinski definition) is 0. The van der Waals surface area contributed by atoms with Crippen LogP contribution >= 0.6 is 0 Å². The van der Waals surface area contributed by atoms with Gasteiger partial charge in [-0.15, -0.1) is 0 Å². The number of amides is 1. The molecule has 2 aliphatic heterocycles. The van der Waals surface area contributed by atoms with Crippen LogP contribution in [0.3, 0.4) is 0 Å². The molecule has 3 heterocycles. The summed E-state index contributed by atoms with van der Waals surface area (Å²) in [4.78, 5) is 17.4. The molecule has 2 aromatic rings. The maximum Gasteiger partial charge on any atom is 0.227 e. The number of piperidine rings is 1. The van der Waals surface area contributed by atoms with Crippen LogP contribution in [0.1, 0.15) is 47.8 Å². The maximum absolute atomic E-state index is 12.8. The van der Waals surface area contributed by atoms with E-state index in [-0.39, 0.29) is 11.4 Å². The molecular weight excluding hydrogens is 338 g/mol. The lowest BCUT2D eigenvalue weighted by atomic mass is 9.81. The number of hydrogen-bond acceptors (Lipinski definition) is 4. The summed E-state index contributed by atoms with van der Waals surface area (Å²) in [5.74, 6) is 1.55. The van der Waals surface area contributed by atoms with E-state index in [0.29, 0.717) is 12.3 Å². The topological polar surface area (TPSA) is 49.6 Å². The standard InChI is InChI=1S/C22H29N3O2/c1-16-20(17(2)27-23-16)13-21(26)25-11-9-22(10-12-25)14-19(15-24(22)3)18-7-5-4-6-8-18/h4-8,19H,9-15H2,1-3H3/t19-/m1/s1. The Labute approximate surface area is 161 Å². The molecule has 1 amide bonds. The lowest BCUT2D eigenvalue weighted by Crippen LogP contribution is -2.52. The Balaban J connectivity index is 1.39. The predicted molar refractivity (Wildman–Crippen MR) is 105 cm³/mol. The van der Waals surface area contributed by atoms with E-state index in [0.717, 1.165) is 49.5 Å². The molecule has 1 atom stereocenters. The normalized spacial score (nSPS) is 22.5. The Bertz CT molecular complexity index is 787. The fraction of sp³-hybridized carbons (Fsp3) is 0.545. The molecule has 0 N–H and O–H groups in total. The van der Waals surface area contributed by atoms with Gasteiger partial charge in [0.25, 0.3) is 0 Å². The first kappa shape index (κ1) is 18.2. The molecule has 5 heteroatoms. The fourth-order valence-corrected chi connectivity index (χ4v) is 4.93. The maximum atomic E-state index is 12.8. The Morgan fingerprint density at radius 1 is 1.22 bits per heavy atom. The molecule has 2 aliphatic rings. The van der Waals surface area contributed by atoms with E-state index in [9.17, 15) is 4.79 Å². The molecule has 0 bridgehead atoms. The number of carbonyl (C=O) groups is 1. The van der Waals surface area contributed by atoms with Crippen molar-refractivity contribution in [2.45, 2.75) is 51.0 Å². The lowest BCUT2D eigenvalue weighted by molar-refractivity contribution is -0.132. The minimum absolute atomic E-state index is 0.194. The minimum Gasteiger partial charge on any atom is -0.361 e. The molecule has 27 heavy (non-hydrogen) atoms. The molecular formula is C22H29N3O2. The van der Waals surface area contributed by atoms with Crippen LogP contribution < -0.4 is 0 Å². The van der Waals surface area contributed by atoms with Gasteiger partial charge in [-0.05, 0) is 51.6 Å². The Morgan fingerprint density at radius 2 is 1.93 bits per heavy atom. The van der Waals surface area contributed by atoms with Gasteiger partial charge in [-0.1, -0.05) is 35.5 Å². The molecule has 0 unspecified atom stereocenters. The number of nitrogens with zero attached hydrogens (tertiary/aromatic N) is 3. The summed E-state index contributed by atoms with van der Waals surface area (Å²) in [5, 5.41) is 3.97. The van der Waals surface area contributed by atoms with Gasteiger partial charge in [0.2, 0.25) is 5.91 Å². The summed E-state index contributed by atoms with van der Waals surface area (Å²) in [6.07, 6.45) is 3.70. The monoisotopic (exact) mass is 367 g/mol. The van der Waals surface area contributed by atoms with E-state index < -0.39 is 0 Å². The molecule has 1 spiro atoms. The molecule has 1 aromatic carbocycles. The Kier molecular flexibility index (Phi) is 4.81. The highest BCUT2D eigenvalue weighted by atomic mass is 16.5. The second kappa shape index (κ2) is 7.12. The van der Waals surface area contributed by atoms with Crippen LogP contribution in [0.15, 0.2) is 34.9 Å². The molecule has 144 valence electrons. The number of aromatic nitrogens is 1. The van der Waals surface area contributed by atoms with Crippen molar-refractivity contribution in [3.63, 3.8) is 0 Å². The van der Waals surface area contributed by atoms with Gasteiger partial charge in [0.15, 0.2) is 0 Å². The number of carbonyl (C=O) groups excluding carboxylic acids is 1. The van der Waals surface area contributed by atoms with E-state index in [1.165, 1.54) is 12.0 Å². The van der Waals surface area contributed by atoms with E-state index in [1.54, 1.807) is 0 Å². The average molecular weight is 367 g/mol. The highest BCUT2D eigenvalue weighted by molar-refractivity contribution is 5.79. The van der Waals surface area contributed by atoms with Crippen LogP contribution in [0.4, 0.5) is 0 Å². The minimum atomic E-state index is 0.194. The van der Waals surface area contributed by atoms with Crippen molar-refractivity contribution in [3.05, 3.63) is 52.9 Å². The molecule has 0 saturated carbocycles. The van der Waals surface area contributed by atoms with Crippen LogP contribution in [0.25, 0.3) is 0 Å². The zero-order valence-electron chi connectivity index (χ0n) is 16.6. The fourth-order valence-electron chi connectivity index (χ4n) is 4.93. The number of benzene rings is 1. The Morgan fingerprint density at radius 3 is 2.56 bits per heavy atom. The van der Waals surface area contributed by atoms with Crippen molar-refractivity contribution in [1.82, 2.24) is 15.0 Å². The molecule has 0 aliphatic carbocycles. The van der Waals surface area contributed by atoms with Crippen LogP contribution in [0.2, 0.25) is 0 Å². The molecule has 5 nitrogen and oxygen atoms in total. The molecule has 4 rings (SSSR count). The first-order valence-electron chi connectivity index (χ1n) is 9.94. The second-order valence-corrected chi connectivity index (χ2v) is 8.28. The van der Waals surface area contributed by atoms with Crippen molar-refractivity contribution >= 4 is 5.91 Å². The largest absolute Gasteiger partial charge is 0.361 e. The summed E-state index contributed by atoms with van der Waals surface area (Å²) in [7, 11) is 2.25. The SMILES string of the molecule is Cc1noc(C)c1CC(=O)N1CCC2(CC1)C[C@@H](c1ccccc1)CN2C. The number of likely N-dealkylation sites (tertiary alicyclic amines) is 2. The van der Waals surface area contributed by atoms with Gasteiger partial charge in [0.1, 0.15) is 5.76 Å². The molecule has 1 aromatic heterocycles. The van der Waals surface area contributed by atoms with E-state index in [2.05, 4.69) is 47.4 Å². The van der Waals surface area contributed by atoms with Gasteiger partial charge in [-0.25, -0.2) is 0 Å². The van der Waals surface area contributed by atoms with E-state index in [1.807, 2.05) is 18.7 Å². The van der Waals surface area contributed by atoms with Crippen LogP contribution in [-0.4, -0.2) is 53.1 Å². The zero-order valence-corrected chi connectivity index (χ0v) is 16.6. The van der Waals surface area contributed by atoms with Crippen molar-refractivity contribution in [2.75, 3.05) is 26.7 Å². The summed E-state index contributed by atoms with van der Waals surface area (Å²) < 4.78 is 5.20. The van der Waals surface area contributed by atoms with Gasteiger partial charge >= 0.3 is 0 Å². The molecule has 0 radical (unpaired) electrons.